The van der Waals surface area contributed by atoms with E-state index in [1.807, 2.05) is 24.3 Å². The predicted molar refractivity (Wildman–Crippen MR) is 43.4 cm³/mol. The summed E-state index contributed by atoms with van der Waals surface area (Å²) in [6.45, 7) is 0. The van der Waals surface area contributed by atoms with E-state index < -0.39 is 0 Å². The molecule has 2 rings (SSSR count). The number of hydrogen-bond donors (Lipinski definition) is 0. The average Bonchev–Trinajstić information content (AvgIpc) is 2.47. The zero-order chi connectivity index (χ0) is 7.68. The molecule has 0 aliphatic carbocycles. The Morgan fingerprint density at radius 2 is 2.18 bits per heavy atom. The fourth-order valence-electron chi connectivity index (χ4n) is 1.01. The molecule has 2 aromatic rings. The molecule has 1 aromatic carbocycles. The number of hydrogen-bond acceptors (Lipinski definition) is 2. The second-order valence-electron chi connectivity index (χ2n) is 2.20. The Bertz CT molecular complexity index is 368. The highest BCUT2D eigenvalue weighted by Crippen LogP contribution is 2.09. The minimum atomic E-state index is 0.348. The summed E-state index contributed by atoms with van der Waals surface area (Å²) in [5, 5.41) is 7.77. The van der Waals surface area contributed by atoms with Gasteiger partial charge in [-0.25, -0.2) is 4.68 Å². The standard InChI is InChI=1S/C7H6ClN3/c8-5-11-7-4-2-1-3-6(7)9-10-11/h1-4H,5H2. The number of benzene rings is 1. The average molecular weight is 168 g/mol. The number of aromatic nitrogens is 3. The lowest BCUT2D eigenvalue weighted by molar-refractivity contribution is 0.717. The Hall–Kier alpha value is -1.09. The third kappa shape index (κ3) is 0.973. The van der Waals surface area contributed by atoms with E-state index in [1.165, 1.54) is 0 Å². The van der Waals surface area contributed by atoms with Crippen molar-refractivity contribution < 1.29 is 0 Å². The van der Waals surface area contributed by atoms with Crippen LogP contribution < -0.4 is 0 Å². The molecule has 0 spiro atoms. The first-order valence-corrected chi connectivity index (χ1v) is 3.79. The summed E-state index contributed by atoms with van der Waals surface area (Å²) in [7, 11) is 0. The summed E-state index contributed by atoms with van der Waals surface area (Å²) >= 11 is 5.61. The van der Waals surface area contributed by atoms with Crippen molar-refractivity contribution in [2.75, 3.05) is 0 Å². The summed E-state index contributed by atoms with van der Waals surface area (Å²) in [6, 6.07) is 8.06. The molecule has 0 atom stereocenters. The van der Waals surface area contributed by atoms with Crippen molar-refractivity contribution in [3.8, 4) is 0 Å². The Morgan fingerprint density at radius 1 is 1.36 bits per heavy atom. The molecule has 0 aliphatic heterocycles. The van der Waals surface area contributed by atoms with Gasteiger partial charge in [-0.15, -0.1) is 16.7 Å². The van der Waals surface area contributed by atoms with Gasteiger partial charge in [-0.1, -0.05) is 17.3 Å². The van der Waals surface area contributed by atoms with Crippen LogP contribution in [0.3, 0.4) is 0 Å². The van der Waals surface area contributed by atoms with Crippen LogP contribution in [-0.2, 0) is 6.00 Å². The van der Waals surface area contributed by atoms with E-state index in [0.29, 0.717) is 6.00 Å². The fourth-order valence-corrected chi connectivity index (χ4v) is 1.18. The summed E-state index contributed by atoms with van der Waals surface area (Å²) in [6.07, 6.45) is 0. The number of nitrogens with zero attached hydrogens (tertiary/aromatic N) is 3. The maximum Gasteiger partial charge on any atom is 0.117 e. The van der Waals surface area contributed by atoms with Gasteiger partial charge < -0.3 is 0 Å². The first-order valence-electron chi connectivity index (χ1n) is 3.26. The number of halogens is 1. The molecule has 4 heteroatoms. The Labute approximate surface area is 68.6 Å². The lowest BCUT2D eigenvalue weighted by atomic mass is 10.3. The Kier molecular flexibility index (Phi) is 1.51. The molecule has 0 bridgehead atoms. The van der Waals surface area contributed by atoms with Crippen LogP contribution in [0.1, 0.15) is 0 Å². The normalized spacial score (nSPS) is 10.6. The van der Waals surface area contributed by atoms with Crippen LogP contribution in [0.2, 0.25) is 0 Å². The van der Waals surface area contributed by atoms with Gasteiger partial charge in [0, 0.05) is 0 Å². The molecule has 0 saturated heterocycles. The second-order valence-corrected chi connectivity index (χ2v) is 2.44. The van der Waals surface area contributed by atoms with Crippen LogP contribution in [0.25, 0.3) is 11.0 Å². The number of fused-ring (bicyclic) bond motifs is 1. The second kappa shape index (κ2) is 2.51. The zero-order valence-electron chi connectivity index (χ0n) is 5.74. The van der Waals surface area contributed by atoms with E-state index >= 15 is 0 Å². The molecule has 0 fully saturated rings. The summed E-state index contributed by atoms with van der Waals surface area (Å²) in [4.78, 5) is 0. The first kappa shape index (κ1) is 6.61. The van der Waals surface area contributed by atoms with Gasteiger partial charge in [0.15, 0.2) is 0 Å². The van der Waals surface area contributed by atoms with Gasteiger partial charge in [-0.05, 0) is 12.1 Å². The molecule has 0 radical (unpaired) electrons. The molecule has 0 amide bonds. The summed E-state index contributed by atoms with van der Waals surface area (Å²) in [5.41, 5.74) is 1.86. The minimum absolute atomic E-state index is 0.348. The predicted octanol–water partition coefficient (Wildman–Crippen LogP) is 1.63. The molecule has 1 aromatic heterocycles. The van der Waals surface area contributed by atoms with Gasteiger partial charge in [0.25, 0.3) is 0 Å². The highest BCUT2D eigenvalue weighted by Gasteiger charge is 1.99. The topological polar surface area (TPSA) is 30.7 Å². The van der Waals surface area contributed by atoms with E-state index in [0.717, 1.165) is 11.0 Å². The third-order valence-corrected chi connectivity index (χ3v) is 1.76. The van der Waals surface area contributed by atoms with Crippen molar-refractivity contribution in [2.45, 2.75) is 6.00 Å². The van der Waals surface area contributed by atoms with Crippen molar-refractivity contribution in [1.82, 2.24) is 15.0 Å². The molecule has 3 nitrogen and oxygen atoms in total. The third-order valence-electron chi connectivity index (χ3n) is 1.53. The molecule has 11 heavy (non-hydrogen) atoms. The maximum absolute atomic E-state index is 5.61. The van der Waals surface area contributed by atoms with Crippen LogP contribution in [0.5, 0.6) is 0 Å². The zero-order valence-corrected chi connectivity index (χ0v) is 6.49. The number of rotatable bonds is 1. The SMILES string of the molecule is ClCn1nnc2ccccc21. The monoisotopic (exact) mass is 167 g/mol. The minimum Gasteiger partial charge on any atom is -0.230 e. The van der Waals surface area contributed by atoms with Crippen molar-refractivity contribution in [3.05, 3.63) is 24.3 Å². The van der Waals surface area contributed by atoms with E-state index in [2.05, 4.69) is 10.3 Å². The van der Waals surface area contributed by atoms with Gasteiger partial charge in [0.05, 0.1) is 5.52 Å². The van der Waals surface area contributed by atoms with Crippen LogP contribution in [0.15, 0.2) is 24.3 Å². The number of alkyl halides is 1. The van der Waals surface area contributed by atoms with Gasteiger partial charge in [0.1, 0.15) is 11.5 Å². The fraction of sp³-hybridized carbons (Fsp3) is 0.143. The molecular weight excluding hydrogens is 162 g/mol. The highest BCUT2D eigenvalue weighted by molar-refractivity contribution is 6.15. The van der Waals surface area contributed by atoms with Crippen molar-refractivity contribution in [3.63, 3.8) is 0 Å². The van der Waals surface area contributed by atoms with E-state index in [1.54, 1.807) is 4.68 Å². The summed E-state index contributed by atoms with van der Waals surface area (Å²) in [5.74, 6) is 0. The molecule has 0 N–H and O–H groups in total. The quantitative estimate of drug-likeness (QED) is 0.605. The lowest BCUT2D eigenvalue weighted by Crippen LogP contribution is -1.93. The van der Waals surface area contributed by atoms with Crippen LogP contribution in [0, 0.1) is 0 Å². The molecule has 56 valence electrons. The highest BCUT2D eigenvalue weighted by atomic mass is 35.5. The molecule has 1 heterocycles. The summed E-state index contributed by atoms with van der Waals surface area (Å²) < 4.78 is 1.65. The number of para-hydroxylation sites is 1. The van der Waals surface area contributed by atoms with E-state index in [-0.39, 0.29) is 0 Å². The molecule has 0 aliphatic rings. The van der Waals surface area contributed by atoms with Crippen LogP contribution in [0.4, 0.5) is 0 Å². The van der Waals surface area contributed by atoms with Crippen LogP contribution >= 0.6 is 11.6 Å². The largest absolute Gasteiger partial charge is 0.230 e. The molecular formula is C7H6ClN3. The maximum atomic E-state index is 5.61. The van der Waals surface area contributed by atoms with Crippen molar-refractivity contribution in [2.24, 2.45) is 0 Å². The van der Waals surface area contributed by atoms with E-state index in [4.69, 9.17) is 11.6 Å². The van der Waals surface area contributed by atoms with Crippen molar-refractivity contribution in [1.29, 1.82) is 0 Å². The van der Waals surface area contributed by atoms with Gasteiger partial charge in [-0.3, -0.25) is 0 Å². The molecule has 0 saturated carbocycles. The van der Waals surface area contributed by atoms with Crippen molar-refractivity contribution >= 4 is 22.6 Å². The van der Waals surface area contributed by atoms with Gasteiger partial charge in [0.2, 0.25) is 0 Å². The Balaban J connectivity index is 2.76. The smallest absolute Gasteiger partial charge is 0.117 e. The van der Waals surface area contributed by atoms with E-state index in [9.17, 15) is 0 Å². The van der Waals surface area contributed by atoms with Gasteiger partial charge >= 0.3 is 0 Å². The first-order chi connectivity index (χ1) is 5.42. The van der Waals surface area contributed by atoms with Gasteiger partial charge in [-0.2, -0.15) is 0 Å². The lowest BCUT2D eigenvalue weighted by Gasteiger charge is -1.91. The Morgan fingerprint density at radius 3 is 3.00 bits per heavy atom. The molecule has 0 unspecified atom stereocenters. The van der Waals surface area contributed by atoms with Crippen LogP contribution in [-0.4, -0.2) is 15.0 Å².